The summed E-state index contributed by atoms with van der Waals surface area (Å²) in [6.45, 7) is 10.2. The number of aromatic nitrogens is 4. The summed E-state index contributed by atoms with van der Waals surface area (Å²) in [5.41, 5.74) is 3.24. The molecule has 158 valence electrons. The maximum atomic E-state index is 10.5. The van der Waals surface area contributed by atoms with Gasteiger partial charge in [0.2, 0.25) is 0 Å². The molecule has 2 aromatic heterocycles. The van der Waals surface area contributed by atoms with Gasteiger partial charge in [-0.3, -0.25) is 9.67 Å². The molecule has 0 radical (unpaired) electrons. The van der Waals surface area contributed by atoms with E-state index in [0.29, 0.717) is 28.6 Å². The third kappa shape index (κ3) is 3.61. The standard InChI is InChI=1S/C21H22N4O2S.C2H6/c1-4-13-10-15(19(27)11-18(13)26)20-22-23-21(28)25(20)17-7-5-6-16-14(17)8-9-24(16)12(2)3;1-2/h5-12,26-27H,4H2,1-3H3,(H,23,28);1-2H3. The fourth-order valence-electron chi connectivity index (χ4n) is 3.60. The number of phenolic OH excluding ortho intramolecular Hbond substituents is 2. The van der Waals surface area contributed by atoms with Crippen molar-refractivity contribution >= 4 is 23.1 Å². The Labute approximate surface area is 181 Å². The number of aryl methyl sites for hydroxylation is 1. The predicted octanol–water partition coefficient (Wildman–Crippen LogP) is 6.13. The molecule has 7 heteroatoms. The summed E-state index contributed by atoms with van der Waals surface area (Å²) < 4.78 is 4.47. The summed E-state index contributed by atoms with van der Waals surface area (Å²) in [6.07, 6.45) is 2.70. The van der Waals surface area contributed by atoms with Crippen molar-refractivity contribution < 1.29 is 10.2 Å². The molecule has 2 heterocycles. The van der Waals surface area contributed by atoms with Gasteiger partial charge in [-0.1, -0.05) is 26.8 Å². The van der Waals surface area contributed by atoms with Crippen LogP contribution in [0.5, 0.6) is 11.5 Å². The lowest BCUT2D eigenvalue weighted by molar-refractivity contribution is 0.447. The summed E-state index contributed by atoms with van der Waals surface area (Å²) >= 11 is 5.51. The van der Waals surface area contributed by atoms with Gasteiger partial charge in [-0.05, 0) is 62.3 Å². The highest BCUT2D eigenvalue weighted by Crippen LogP contribution is 2.36. The van der Waals surface area contributed by atoms with E-state index in [0.717, 1.165) is 22.2 Å². The average Bonchev–Trinajstić information content (AvgIpc) is 3.33. The molecular weight excluding hydrogens is 396 g/mol. The molecule has 0 aliphatic carbocycles. The monoisotopic (exact) mass is 424 g/mol. The predicted molar refractivity (Wildman–Crippen MR) is 124 cm³/mol. The van der Waals surface area contributed by atoms with Gasteiger partial charge in [0.15, 0.2) is 10.6 Å². The minimum absolute atomic E-state index is 0.0446. The van der Waals surface area contributed by atoms with Crippen LogP contribution in [0.1, 0.15) is 46.2 Å². The van der Waals surface area contributed by atoms with E-state index >= 15 is 0 Å². The van der Waals surface area contributed by atoms with Crippen LogP contribution in [0, 0.1) is 4.77 Å². The van der Waals surface area contributed by atoms with Crippen molar-refractivity contribution in [3.63, 3.8) is 0 Å². The molecule has 4 rings (SSSR count). The van der Waals surface area contributed by atoms with Crippen LogP contribution in [0.3, 0.4) is 0 Å². The summed E-state index contributed by atoms with van der Waals surface area (Å²) in [5.74, 6) is 0.527. The third-order valence-corrected chi connectivity index (χ3v) is 5.30. The summed E-state index contributed by atoms with van der Waals surface area (Å²) in [4.78, 5) is 0. The zero-order chi connectivity index (χ0) is 22.0. The van der Waals surface area contributed by atoms with Gasteiger partial charge >= 0.3 is 0 Å². The number of phenols is 2. The molecule has 6 nitrogen and oxygen atoms in total. The Hall–Kier alpha value is -3.06. The summed E-state index contributed by atoms with van der Waals surface area (Å²) in [5, 5.41) is 28.8. The zero-order valence-electron chi connectivity index (χ0n) is 18.0. The molecule has 0 bridgehead atoms. The van der Waals surface area contributed by atoms with Crippen LogP contribution in [0.2, 0.25) is 0 Å². The quantitative estimate of drug-likeness (QED) is 0.344. The van der Waals surface area contributed by atoms with Crippen LogP contribution < -0.4 is 0 Å². The zero-order valence-corrected chi connectivity index (χ0v) is 18.8. The van der Waals surface area contributed by atoms with Gasteiger partial charge in [-0.25, -0.2) is 0 Å². The third-order valence-electron chi connectivity index (χ3n) is 5.03. The number of H-pyrrole nitrogens is 1. The van der Waals surface area contributed by atoms with Gasteiger partial charge in [-0.15, -0.1) is 0 Å². The van der Waals surface area contributed by atoms with Gasteiger partial charge in [0, 0.05) is 23.7 Å². The van der Waals surface area contributed by atoms with Gasteiger partial charge < -0.3 is 14.8 Å². The number of fused-ring (bicyclic) bond motifs is 1. The van der Waals surface area contributed by atoms with E-state index < -0.39 is 0 Å². The second-order valence-corrected chi connectivity index (χ2v) is 7.45. The molecule has 0 unspecified atom stereocenters. The second kappa shape index (κ2) is 8.75. The van der Waals surface area contributed by atoms with Crippen molar-refractivity contribution in [2.45, 2.75) is 47.1 Å². The first kappa shape index (κ1) is 21.6. The maximum absolute atomic E-state index is 10.5. The number of nitrogens with one attached hydrogen (secondary N) is 1. The van der Waals surface area contributed by atoms with Crippen molar-refractivity contribution in [2.24, 2.45) is 0 Å². The SMILES string of the molecule is CC.CCc1cc(-c2n[nH]c(=S)n2-c2cccc3c2ccn3C(C)C)c(O)cc1O. The van der Waals surface area contributed by atoms with Crippen molar-refractivity contribution in [3.05, 3.63) is 52.9 Å². The van der Waals surface area contributed by atoms with Crippen LogP contribution in [0.25, 0.3) is 28.0 Å². The lowest BCUT2D eigenvalue weighted by atomic mass is 10.1. The fraction of sp³-hybridized carbons (Fsp3) is 0.304. The minimum Gasteiger partial charge on any atom is -0.508 e. The molecule has 2 aromatic carbocycles. The molecular formula is C23H28N4O2S. The number of aromatic hydroxyl groups is 2. The first-order valence-electron chi connectivity index (χ1n) is 10.2. The maximum Gasteiger partial charge on any atom is 0.200 e. The molecule has 0 amide bonds. The number of hydrogen-bond donors (Lipinski definition) is 3. The Morgan fingerprint density at radius 1 is 1.10 bits per heavy atom. The van der Waals surface area contributed by atoms with Crippen LogP contribution in [-0.4, -0.2) is 29.5 Å². The van der Waals surface area contributed by atoms with E-state index in [1.807, 2.05) is 37.5 Å². The molecule has 0 aliphatic rings. The summed E-state index contributed by atoms with van der Waals surface area (Å²) in [6, 6.07) is 11.6. The Balaban J connectivity index is 0.00000124. The Morgan fingerprint density at radius 3 is 2.50 bits per heavy atom. The van der Waals surface area contributed by atoms with Crippen LogP contribution in [0.4, 0.5) is 0 Å². The number of nitrogens with zero attached hydrogens (tertiary/aromatic N) is 3. The molecule has 3 N–H and O–H groups in total. The highest BCUT2D eigenvalue weighted by Gasteiger charge is 2.19. The summed E-state index contributed by atoms with van der Waals surface area (Å²) in [7, 11) is 0. The van der Waals surface area contributed by atoms with E-state index in [4.69, 9.17) is 12.2 Å². The molecule has 0 saturated carbocycles. The lowest BCUT2D eigenvalue weighted by Gasteiger charge is -2.13. The van der Waals surface area contributed by atoms with Crippen LogP contribution >= 0.6 is 12.2 Å². The second-order valence-electron chi connectivity index (χ2n) is 7.07. The molecule has 0 fully saturated rings. The van der Waals surface area contributed by atoms with Gasteiger partial charge in [0.05, 0.1) is 16.8 Å². The normalized spacial score (nSPS) is 11.0. The molecule has 0 saturated heterocycles. The van der Waals surface area contributed by atoms with Crippen molar-refractivity contribution in [1.29, 1.82) is 0 Å². The lowest BCUT2D eigenvalue weighted by Crippen LogP contribution is -2.01. The molecule has 0 aliphatic heterocycles. The van der Waals surface area contributed by atoms with E-state index in [2.05, 4.69) is 46.9 Å². The Kier molecular flexibility index (Phi) is 6.31. The van der Waals surface area contributed by atoms with Crippen molar-refractivity contribution in [2.75, 3.05) is 0 Å². The van der Waals surface area contributed by atoms with Gasteiger partial charge in [0.1, 0.15) is 11.5 Å². The Morgan fingerprint density at radius 2 is 1.83 bits per heavy atom. The smallest absolute Gasteiger partial charge is 0.200 e. The van der Waals surface area contributed by atoms with Crippen molar-refractivity contribution in [3.8, 4) is 28.6 Å². The first-order valence-corrected chi connectivity index (χ1v) is 10.7. The van der Waals surface area contributed by atoms with E-state index in [1.54, 1.807) is 6.07 Å². The minimum atomic E-state index is -0.0446. The number of rotatable bonds is 4. The fourth-order valence-corrected chi connectivity index (χ4v) is 3.83. The van der Waals surface area contributed by atoms with Crippen molar-refractivity contribution in [1.82, 2.24) is 19.3 Å². The Bertz CT molecular complexity index is 1230. The topological polar surface area (TPSA) is 79.0 Å². The molecule has 4 aromatic rings. The largest absolute Gasteiger partial charge is 0.508 e. The highest BCUT2D eigenvalue weighted by molar-refractivity contribution is 7.71. The number of aromatic amines is 1. The van der Waals surface area contributed by atoms with E-state index in [1.165, 1.54) is 6.07 Å². The van der Waals surface area contributed by atoms with Gasteiger partial charge in [0.25, 0.3) is 0 Å². The number of hydrogen-bond acceptors (Lipinski definition) is 4. The average molecular weight is 425 g/mol. The van der Waals surface area contributed by atoms with E-state index in [-0.39, 0.29) is 11.5 Å². The molecule has 0 spiro atoms. The van der Waals surface area contributed by atoms with Crippen LogP contribution in [-0.2, 0) is 6.42 Å². The molecule has 0 atom stereocenters. The first-order chi connectivity index (χ1) is 14.4. The number of benzene rings is 2. The van der Waals surface area contributed by atoms with Gasteiger partial charge in [-0.2, -0.15) is 5.10 Å². The van der Waals surface area contributed by atoms with E-state index in [9.17, 15) is 10.2 Å². The highest BCUT2D eigenvalue weighted by atomic mass is 32.1. The van der Waals surface area contributed by atoms with Crippen LogP contribution in [0.15, 0.2) is 42.6 Å². The molecule has 30 heavy (non-hydrogen) atoms.